The van der Waals surface area contributed by atoms with Gasteiger partial charge in [-0.1, -0.05) is 6.42 Å². The van der Waals surface area contributed by atoms with Gasteiger partial charge in [0.05, 0.1) is 11.1 Å². The van der Waals surface area contributed by atoms with Crippen molar-refractivity contribution in [1.29, 1.82) is 0 Å². The van der Waals surface area contributed by atoms with Crippen LogP contribution in [0.1, 0.15) is 52.8 Å². The van der Waals surface area contributed by atoms with E-state index in [4.69, 9.17) is 0 Å². The molecule has 3 N–H and O–H groups in total. The van der Waals surface area contributed by atoms with Gasteiger partial charge in [-0.05, 0) is 44.0 Å². The minimum absolute atomic E-state index is 0.116. The zero-order chi connectivity index (χ0) is 19.0. The van der Waals surface area contributed by atoms with Gasteiger partial charge in [-0.3, -0.25) is 29.4 Å². The summed E-state index contributed by atoms with van der Waals surface area (Å²) in [5, 5.41) is 8.97. The normalized spacial score (nSPS) is 25.4. The SMILES string of the molecule is O=C1CCC(N2C(=O)c3ccc(NCC4CCCCN4)cc3C2=O)C(=O)N1. The number of rotatable bonds is 4. The van der Waals surface area contributed by atoms with E-state index >= 15 is 0 Å². The van der Waals surface area contributed by atoms with Gasteiger partial charge in [-0.25, -0.2) is 0 Å². The number of piperidine rings is 2. The van der Waals surface area contributed by atoms with Crippen molar-refractivity contribution in [2.45, 2.75) is 44.2 Å². The fourth-order valence-corrected chi connectivity index (χ4v) is 3.92. The van der Waals surface area contributed by atoms with Crippen LogP contribution in [0.15, 0.2) is 18.2 Å². The maximum atomic E-state index is 12.8. The van der Waals surface area contributed by atoms with Gasteiger partial charge in [-0.15, -0.1) is 0 Å². The molecule has 8 heteroatoms. The molecule has 8 nitrogen and oxygen atoms in total. The molecule has 2 unspecified atom stereocenters. The number of fused-ring (bicyclic) bond motifs is 1. The van der Waals surface area contributed by atoms with Crippen LogP contribution < -0.4 is 16.0 Å². The molecule has 0 aliphatic carbocycles. The average Bonchev–Trinajstić information content (AvgIpc) is 2.92. The summed E-state index contributed by atoms with van der Waals surface area (Å²) in [7, 11) is 0. The third-order valence-electron chi connectivity index (χ3n) is 5.40. The molecule has 3 aliphatic rings. The van der Waals surface area contributed by atoms with Crippen LogP contribution >= 0.6 is 0 Å². The fraction of sp³-hybridized carbons (Fsp3) is 0.474. The van der Waals surface area contributed by atoms with Crippen molar-refractivity contribution in [3.8, 4) is 0 Å². The molecule has 0 saturated carbocycles. The topological polar surface area (TPSA) is 108 Å². The molecule has 1 aromatic carbocycles. The Hall–Kier alpha value is -2.74. The highest BCUT2D eigenvalue weighted by Crippen LogP contribution is 2.29. The quantitative estimate of drug-likeness (QED) is 0.672. The highest BCUT2D eigenvalue weighted by molar-refractivity contribution is 6.23. The Morgan fingerprint density at radius 1 is 1.04 bits per heavy atom. The van der Waals surface area contributed by atoms with Crippen LogP contribution in [0.2, 0.25) is 0 Å². The minimum Gasteiger partial charge on any atom is -0.383 e. The summed E-state index contributed by atoms with van der Waals surface area (Å²) in [4.78, 5) is 49.8. The van der Waals surface area contributed by atoms with Crippen molar-refractivity contribution in [2.24, 2.45) is 0 Å². The Balaban J connectivity index is 1.49. The van der Waals surface area contributed by atoms with Crippen molar-refractivity contribution in [2.75, 3.05) is 18.4 Å². The van der Waals surface area contributed by atoms with Gasteiger partial charge < -0.3 is 10.6 Å². The fourth-order valence-electron chi connectivity index (χ4n) is 3.92. The standard InChI is InChI=1S/C19H22N4O4/c24-16-7-6-15(17(25)22-16)23-18(26)13-5-4-11(9-14(13)19(23)27)21-10-12-3-1-2-8-20-12/h4-5,9,12,15,20-21H,1-3,6-8,10H2,(H,22,24,25). The molecular formula is C19H22N4O4. The number of amides is 4. The van der Waals surface area contributed by atoms with E-state index in [2.05, 4.69) is 16.0 Å². The van der Waals surface area contributed by atoms with E-state index in [1.807, 2.05) is 0 Å². The second-order valence-electron chi connectivity index (χ2n) is 7.24. The van der Waals surface area contributed by atoms with E-state index < -0.39 is 23.8 Å². The molecule has 2 atom stereocenters. The Morgan fingerprint density at radius 2 is 1.85 bits per heavy atom. The zero-order valence-corrected chi connectivity index (χ0v) is 14.9. The van der Waals surface area contributed by atoms with Gasteiger partial charge >= 0.3 is 0 Å². The molecule has 4 amide bonds. The zero-order valence-electron chi connectivity index (χ0n) is 14.9. The smallest absolute Gasteiger partial charge is 0.262 e. The van der Waals surface area contributed by atoms with Gasteiger partial charge in [0.1, 0.15) is 6.04 Å². The van der Waals surface area contributed by atoms with E-state index in [0.717, 1.165) is 30.1 Å². The maximum Gasteiger partial charge on any atom is 0.262 e. The molecule has 3 heterocycles. The van der Waals surface area contributed by atoms with Crippen molar-refractivity contribution in [3.63, 3.8) is 0 Å². The highest BCUT2D eigenvalue weighted by Gasteiger charge is 2.44. The molecular weight excluding hydrogens is 348 g/mol. The number of benzene rings is 1. The van der Waals surface area contributed by atoms with E-state index in [-0.39, 0.29) is 18.7 Å². The summed E-state index contributed by atoms with van der Waals surface area (Å²) in [6.07, 6.45) is 3.79. The third-order valence-corrected chi connectivity index (χ3v) is 5.40. The highest BCUT2D eigenvalue weighted by atomic mass is 16.2. The first-order valence-electron chi connectivity index (χ1n) is 9.37. The molecule has 2 saturated heterocycles. The molecule has 1 aromatic rings. The summed E-state index contributed by atoms with van der Waals surface area (Å²) < 4.78 is 0. The monoisotopic (exact) mass is 370 g/mol. The summed E-state index contributed by atoms with van der Waals surface area (Å²) in [5.41, 5.74) is 1.37. The van der Waals surface area contributed by atoms with Crippen molar-refractivity contribution < 1.29 is 19.2 Å². The van der Waals surface area contributed by atoms with E-state index in [9.17, 15) is 19.2 Å². The van der Waals surface area contributed by atoms with Crippen LogP contribution in [0, 0.1) is 0 Å². The molecule has 0 bridgehead atoms. The minimum atomic E-state index is -0.932. The van der Waals surface area contributed by atoms with E-state index in [1.54, 1.807) is 18.2 Å². The van der Waals surface area contributed by atoms with Crippen LogP contribution in [0.3, 0.4) is 0 Å². The Bertz CT molecular complexity index is 816. The average molecular weight is 370 g/mol. The number of anilines is 1. The summed E-state index contributed by atoms with van der Waals surface area (Å²) in [5.74, 6) is -1.94. The number of nitrogens with zero attached hydrogens (tertiary/aromatic N) is 1. The lowest BCUT2D eigenvalue weighted by Crippen LogP contribution is -2.54. The van der Waals surface area contributed by atoms with Crippen molar-refractivity contribution >= 4 is 29.3 Å². The lowest BCUT2D eigenvalue weighted by molar-refractivity contribution is -0.136. The van der Waals surface area contributed by atoms with Crippen LogP contribution in [-0.4, -0.2) is 53.7 Å². The lowest BCUT2D eigenvalue weighted by Gasteiger charge is -2.27. The number of hydrogen-bond acceptors (Lipinski definition) is 6. The number of hydrogen-bond donors (Lipinski definition) is 3. The van der Waals surface area contributed by atoms with Crippen molar-refractivity contribution in [1.82, 2.24) is 15.5 Å². The molecule has 2 fully saturated rings. The Labute approximate surface area is 156 Å². The Morgan fingerprint density at radius 3 is 2.59 bits per heavy atom. The van der Waals surface area contributed by atoms with Gasteiger partial charge in [0.15, 0.2) is 0 Å². The first-order valence-corrected chi connectivity index (χ1v) is 9.37. The predicted octanol–water partition coefficient (Wildman–Crippen LogP) is 0.642. The number of carbonyl (C=O) groups excluding carboxylic acids is 4. The van der Waals surface area contributed by atoms with Gasteiger partial charge in [0.2, 0.25) is 11.8 Å². The van der Waals surface area contributed by atoms with E-state index in [0.29, 0.717) is 17.2 Å². The van der Waals surface area contributed by atoms with Crippen molar-refractivity contribution in [3.05, 3.63) is 29.3 Å². The lowest BCUT2D eigenvalue weighted by atomic mass is 10.0. The largest absolute Gasteiger partial charge is 0.383 e. The van der Waals surface area contributed by atoms with Crippen LogP contribution in [-0.2, 0) is 9.59 Å². The second kappa shape index (κ2) is 7.11. The van der Waals surface area contributed by atoms with Gasteiger partial charge in [0.25, 0.3) is 11.8 Å². The van der Waals surface area contributed by atoms with Crippen LogP contribution in [0.4, 0.5) is 5.69 Å². The number of carbonyl (C=O) groups is 4. The number of imide groups is 2. The summed E-state index contributed by atoms with van der Waals surface area (Å²) >= 11 is 0. The van der Waals surface area contributed by atoms with Crippen LogP contribution in [0.5, 0.6) is 0 Å². The summed E-state index contributed by atoms with van der Waals surface area (Å²) in [6.45, 7) is 1.77. The molecule has 3 aliphatic heterocycles. The van der Waals surface area contributed by atoms with Gasteiger partial charge in [-0.2, -0.15) is 0 Å². The molecule has 4 rings (SSSR count). The third kappa shape index (κ3) is 3.32. The first-order chi connectivity index (χ1) is 13.0. The first kappa shape index (κ1) is 17.7. The molecule has 27 heavy (non-hydrogen) atoms. The Kier molecular flexibility index (Phi) is 4.65. The molecule has 0 aromatic heterocycles. The molecule has 0 radical (unpaired) electrons. The molecule has 0 spiro atoms. The molecule has 142 valence electrons. The van der Waals surface area contributed by atoms with E-state index in [1.165, 1.54) is 12.8 Å². The summed E-state index contributed by atoms with van der Waals surface area (Å²) in [6, 6.07) is 4.53. The van der Waals surface area contributed by atoms with Crippen LogP contribution in [0.25, 0.3) is 0 Å². The second-order valence-corrected chi connectivity index (χ2v) is 7.24. The van der Waals surface area contributed by atoms with Gasteiger partial charge in [0, 0.05) is 24.7 Å². The maximum absolute atomic E-state index is 12.8. The number of nitrogens with one attached hydrogen (secondary N) is 3. The predicted molar refractivity (Wildman–Crippen MR) is 97.2 cm³/mol.